The highest BCUT2D eigenvalue weighted by Crippen LogP contribution is 2.15. The topological polar surface area (TPSA) is 58.6 Å². The minimum atomic E-state index is -0.657. The summed E-state index contributed by atoms with van der Waals surface area (Å²) >= 11 is 1.52. The molecule has 1 heterocycles. The zero-order valence-electron chi connectivity index (χ0n) is 11.2. The number of benzene rings is 1. The van der Waals surface area contributed by atoms with E-state index in [0.29, 0.717) is 0 Å². The molecule has 0 saturated heterocycles. The van der Waals surface area contributed by atoms with Crippen molar-refractivity contribution in [2.75, 3.05) is 13.7 Å². The fraction of sp³-hybridized carbons (Fsp3) is 0.267. The fourth-order valence-electron chi connectivity index (χ4n) is 1.82. The van der Waals surface area contributed by atoms with Gasteiger partial charge < -0.3 is 15.2 Å². The number of carbonyl (C=O) groups is 1. The van der Waals surface area contributed by atoms with E-state index in [9.17, 15) is 9.90 Å². The van der Waals surface area contributed by atoms with Crippen molar-refractivity contribution < 1.29 is 14.6 Å². The van der Waals surface area contributed by atoms with Crippen molar-refractivity contribution in [3.8, 4) is 5.75 Å². The quantitative estimate of drug-likeness (QED) is 0.857. The number of hydrogen-bond acceptors (Lipinski definition) is 4. The van der Waals surface area contributed by atoms with Gasteiger partial charge in [0.15, 0.2) is 0 Å². The summed E-state index contributed by atoms with van der Waals surface area (Å²) in [5, 5.41) is 16.4. The van der Waals surface area contributed by atoms with Crippen molar-refractivity contribution >= 4 is 17.2 Å². The van der Waals surface area contributed by atoms with E-state index in [2.05, 4.69) is 5.32 Å². The molecule has 0 aliphatic heterocycles. The molecule has 0 fully saturated rings. The van der Waals surface area contributed by atoms with Crippen LogP contribution in [0.3, 0.4) is 0 Å². The fourth-order valence-corrected chi connectivity index (χ4v) is 2.53. The Labute approximate surface area is 122 Å². The molecule has 1 amide bonds. The van der Waals surface area contributed by atoms with Crippen molar-refractivity contribution in [1.82, 2.24) is 5.32 Å². The Morgan fingerprint density at radius 1 is 1.45 bits per heavy atom. The molecule has 0 saturated carbocycles. The second-order valence-electron chi connectivity index (χ2n) is 4.40. The van der Waals surface area contributed by atoms with Gasteiger partial charge in [-0.15, -0.1) is 0 Å². The first-order valence-corrected chi connectivity index (χ1v) is 7.23. The second kappa shape index (κ2) is 7.07. The van der Waals surface area contributed by atoms with Gasteiger partial charge in [-0.3, -0.25) is 4.79 Å². The van der Waals surface area contributed by atoms with Crippen LogP contribution in [0.1, 0.15) is 17.2 Å². The van der Waals surface area contributed by atoms with Crippen molar-refractivity contribution in [2.45, 2.75) is 12.5 Å². The third kappa shape index (κ3) is 4.08. The van der Waals surface area contributed by atoms with E-state index in [1.807, 2.05) is 41.1 Å². The monoisotopic (exact) mass is 291 g/mol. The Morgan fingerprint density at radius 3 is 3.00 bits per heavy atom. The number of hydrogen-bond donors (Lipinski definition) is 2. The maximum Gasteiger partial charge on any atom is 0.224 e. The molecule has 1 atom stereocenters. The van der Waals surface area contributed by atoms with Crippen molar-refractivity contribution in [1.29, 1.82) is 0 Å². The molecule has 0 spiro atoms. The third-order valence-corrected chi connectivity index (χ3v) is 3.62. The summed E-state index contributed by atoms with van der Waals surface area (Å²) in [4.78, 5) is 11.8. The molecule has 2 N–H and O–H groups in total. The number of thiophene rings is 1. The minimum Gasteiger partial charge on any atom is -0.497 e. The lowest BCUT2D eigenvalue weighted by molar-refractivity contribution is -0.120. The first-order chi connectivity index (χ1) is 9.69. The van der Waals surface area contributed by atoms with E-state index in [-0.39, 0.29) is 18.9 Å². The molecule has 0 aliphatic carbocycles. The van der Waals surface area contributed by atoms with Gasteiger partial charge in [0.25, 0.3) is 0 Å². The standard InChI is InChI=1S/C15H17NO3S/c1-19-13-4-2-3-11(7-13)8-15(18)16-9-14(17)12-5-6-20-10-12/h2-7,10,14,17H,8-9H2,1H3,(H,16,18)/t14-/m1/s1. The predicted molar refractivity (Wildman–Crippen MR) is 79.0 cm³/mol. The number of ether oxygens (including phenoxy) is 1. The van der Waals surface area contributed by atoms with E-state index in [1.54, 1.807) is 7.11 Å². The summed E-state index contributed by atoms with van der Waals surface area (Å²) in [5.74, 6) is 0.612. The van der Waals surface area contributed by atoms with Crippen LogP contribution in [0.25, 0.3) is 0 Å². The number of aliphatic hydroxyl groups excluding tert-OH is 1. The highest BCUT2D eigenvalue weighted by Gasteiger charge is 2.10. The normalized spacial score (nSPS) is 11.9. The molecule has 106 valence electrons. The molecule has 4 nitrogen and oxygen atoms in total. The van der Waals surface area contributed by atoms with Gasteiger partial charge in [-0.2, -0.15) is 11.3 Å². The van der Waals surface area contributed by atoms with Gasteiger partial charge >= 0.3 is 0 Å². The average molecular weight is 291 g/mol. The summed E-state index contributed by atoms with van der Waals surface area (Å²) in [7, 11) is 1.59. The van der Waals surface area contributed by atoms with Gasteiger partial charge in [0.05, 0.1) is 19.6 Å². The molecule has 1 aromatic heterocycles. The Morgan fingerprint density at radius 2 is 2.30 bits per heavy atom. The number of aliphatic hydroxyl groups is 1. The lowest BCUT2D eigenvalue weighted by Crippen LogP contribution is -2.29. The molecule has 2 aromatic rings. The lowest BCUT2D eigenvalue weighted by atomic mass is 10.1. The van der Waals surface area contributed by atoms with Gasteiger partial charge in [-0.25, -0.2) is 0 Å². The molecule has 0 bridgehead atoms. The van der Waals surface area contributed by atoms with Crippen LogP contribution in [0.2, 0.25) is 0 Å². The average Bonchev–Trinajstić information content (AvgIpc) is 2.99. The molecule has 2 rings (SSSR count). The Hall–Kier alpha value is -1.85. The highest BCUT2D eigenvalue weighted by atomic mass is 32.1. The first-order valence-electron chi connectivity index (χ1n) is 6.29. The van der Waals surface area contributed by atoms with Gasteiger partial charge in [-0.05, 0) is 40.1 Å². The summed E-state index contributed by atoms with van der Waals surface area (Å²) in [6.45, 7) is 0.222. The first kappa shape index (κ1) is 14.6. The number of methoxy groups -OCH3 is 1. The second-order valence-corrected chi connectivity index (χ2v) is 5.18. The van der Waals surface area contributed by atoms with Gasteiger partial charge in [0, 0.05) is 6.54 Å². The number of amides is 1. The summed E-state index contributed by atoms with van der Waals surface area (Å²) < 4.78 is 5.11. The van der Waals surface area contributed by atoms with Gasteiger partial charge in [0.1, 0.15) is 5.75 Å². The maximum atomic E-state index is 11.8. The summed E-state index contributed by atoms with van der Waals surface area (Å²) in [6.07, 6.45) is -0.386. The molecule has 0 unspecified atom stereocenters. The van der Waals surface area contributed by atoms with Gasteiger partial charge in [-0.1, -0.05) is 12.1 Å². The van der Waals surface area contributed by atoms with Crippen LogP contribution in [0.15, 0.2) is 41.1 Å². The van der Waals surface area contributed by atoms with E-state index in [1.165, 1.54) is 11.3 Å². The Balaban J connectivity index is 1.83. The van der Waals surface area contributed by atoms with Gasteiger partial charge in [0.2, 0.25) is 5.91 Å². The van der Waals surface area contributed by atoms with Crippen LogP contribution in [-0.4, -0.2) is 24.7 Å². The van der Waals surface area contributed by atoms with E-state index >= 15 is 0 Å². The highest BCUT2D eigenvalue weighted by molar-refractivity contribution is 7.07. The number of rotatable bonds is 6. The summed E-state index contributed by atoms with van der Waals surface area (Å²) in [5.41, 5.74) is 1.71. The van der Waals surface area contributed by atoms with E-state index < -0.39 is 6.10 Å². The minimum absolute atomic E-state index is 0.118. The SMILES string of the molecule is COc1cccc(CC(=O)NC[C@@H](O)c2ccsc2)c1. The molecule has 1 aromatic carbocycles. The largest absolute Gasteiger partial charge is 0.497 e. The molecular formula is C15H17NO3S. The zero-order chi connectivity index (χ0) is 14.4. The Kier molecular flexibility index (Phi) is 5.15. The number of carbonyl (C=O) groups excluding carboxylic acids is 1. The van der Waals surface area contributed by atoms with Crippen molar-refractivity contribution in [2.24, 2.45) is 0 Å². The molecule has 0 radical (unpaired) electrons. The molecule has 20 heavy (non-hydrogen) atoms. The van der Waals surface area contributed by atoms with E-state index in [0.717, 1.165) is 16.9 Å². The van der Waals surface area contributed by atoms with Crippen molar-refractivity contribution in [3.05, 3.63) is 52.2 Å². The predicted octanol–water partition coefficient (Wildman–Crippen LogP) is 2.15. The lowest BCUT2D eigenvalue weighted by Gasteiger charge is -2.11. The smallest absolute Gasteiger partial charge is 0.224 e. The third-order valence-electron chi connectivity index (χ3n) is 2.92. The van der Waals surface area contributed by atoms with Crippen LogP contribution in [0, 0.1) is 0 Å². The van der Waals surface area contributed by atoms with Crippen molar-refractivity contribution in [3.63, 3.8) is 0 Å². The molecular weight excluding hydrogens is 274 g/mol. The molecule has 5 heteroatoms. The van der Waals surface area contributed by atoms with Crippen LogP contribution >= 0.6 is 11.3 Å². The van der Waals surface area contributed by atoms with Crippen LogP contribution in [0.5, 0.6) is 5.75 Å². The zero-order valence-corrected chi connectivity index (χ0v) is 12.0. The van der Waals surface area contributed by atoms with E-state index in [4.69, 9.17) is 4.74 Å². The number of nitrogens with one attached hydrogen (secondary N) is 1. The van der Waals surface area contributed by atoms with Crippen LogP contribution in [0.4, 0.5) is 0 Å². The summed E-state index contributed by atoms with van der Waals surface area (Å²) in [6, 6.07) is 9.24. The van der Waals surface area contributed by atoms with Crippen LogP contribution < -0.4 is 10.1 Å². The van der Waals surface area contributed by atoms with Crippen LogP contribution in [-0.2, 0) is 11.2 Å². The Bertz CT molecular complexity index is 554. The molecule has 0 aliphatic rings. The maximum absolute atomic E-state index is 11.8.